The van der Waals surface area contributed by atoms with E-state index in [4.69, 9.17) is 23.2 Å². The number of rotatable bonds is 4. The van der Waals surface area contributed by atoms with Gasteiger partial charge >= 0.3 is 0 Å². The number of hydrogen-bond donors (Lipinski definition) is 0. The van der Waals surface area contributed by atoms with Crippen molar-refractivity contribution in [1.82, 2.24) is 9.80 Å². The maximum atomic E-state index is 13.0. The maximum Gasteiger partial charge on any atom is 0.227 e. The highest BCUT2D eigenvalue weighted by atomic mass is 35.5. The highest BCUT2D eigenvalue weighted by molar-refractivity contribution is 6.42. The van der Waals surface area contributed by atoms with Crippen LogP contribution in [0.5, 0.6) is 0 Å². The zero-order valence-corrected chi connectivity index (χ0v) is 16.9. The van der Waals surface area contributed by atoms with Gasteiger partial charge in [0.1, 0.15) is 0 Å². The molecule has 0 saturated heterocycles. The molecule has 2 atom stereocenters. The number of benzene rings is 2. The van der Waals surface area contributed by atoms with Crippen LogP contribution in [0.15, 0.2) is 42.5 Å². The molecule has 2 aromatic rings. The molecular formula is C21H24Cl2N2O. The Morgan fingerprint density at radius 1 is 1.08 bits per heavy atom. The summed E-state index contributed by atoms with van der Waals surface area (Å²) in [7, 11) is 6.08. The van der Waals surface area contributed by atoms with Gasteiger partial charge in [0.2, 0.25) is 5.91 Å². The van der Waals surface area contributed by atoms with Crippen LogP contribution in [-0.2, 0) is 17.6 Å². The van der Waals surface area contributed by atoms with Crippen molar-refractivity contribution in [2.45, 2.75) is 31.3 Å². The molecule has 3 nitrogen and oxygen atoms in total. The first-order valence-electron chi connectivity index (χ1n) is 8.82. The minimum absolute atomic E-state index is 0.0465. The fraction of sp³-hybridized carbons (Fsp3) is 0.381. The lowest BCUT2D eigenvalue weighted by Crippen LogP contribution is -2.47. The van der Waals surface area contributed by atoms with Crippen LogP contribution in [0.1, 0.15) is 29.2 Å². The van der Waals surface area contributed by atoms with E-state index in [0.717, 1.165) is 18.4 Å². The van der Waals surface area contributed by atoms with Gasteiger partial charge in [0, 0.05) is 13.1 Å². The standard InChI is InChI=1S/C21H24Cl2N2O/c1-24(2)19-11-9-15-6-4-5-7-16(15)21(19)25(3)20(26)13-14-8-10-17(22)18(23)12-14/h4-8,10,12,19,21H,9,11,13H2,1-3H3/t19-,21-/m0/s1. The van der Waals surface area contributed by atoms with Crippen LogP contribution in [0.4, 0.5) is 0 Å². The predicted octanol–water partition coefficient (Wildman–Crippen LogP) is 4.61. The highest BCUT2D eigenvalue weighted by Crippen LogP contribution is 2.36. The molecule has 2 aromatic carbocycles. The van der Waals surface area contributed by atoms with Gasteiger partial charge in [-0.2, -0.15) is 0 Å². The summed E-state index contributed by atoms with van der Waals surface area (Å²) in [4.78, 5) is 17.1. The van der Waals surface area contributed by atoms with Gasteiger partial charge in [-0.25, -0.2) is 0 Å². The molecule has 0 unspecified atom stereocenters. The van der Waals surface area contributed by atoms with Gasteiger partial charge in [0.15, 0.2) is 0 Å². The lowest BCUT2D eigenvalue weighted by atomic mass is 9.82. The number of fused-ring (bicyclic) bond motifs is 1. The molecule has 0 N–H and O–H groups in total. The molecule has 0 spiro atoms. The van der Waals surface area contributed by atoms with Gasteiger partial charge in [0.05, 0.1) is 22.5 Å². The van der Waals surface area contributed by atoms with E-state index < -0.39 is 0 Å². The molecule has 26 heavy (non-hydrogen) atoms. The number of aryl methyl sites for hydroxylation is 1. The first-order valence-corrected chi connectivity index (χ1v) is 9.58. The van der Waals surface area contributed by atoms with E-state index in [9.17, 15) is 4.79 Å². The van der Waals surface area contributed by atoms with E-state index in [0.29, 0.717) is 22.5 Å². The second kappa shape index (κ2) is 7.99. The van der Waals surface area contributed by atoms with Gasteiger partial charge in [-0.15, -0.1) is 0 Å². The topological polar surface area (TPSA) is 23.6 Å². The second-order valence-electron chi connectivity index (χ2n) is 7.14. The highest BCUT2D eigenvalue weighted by Gasteiger charge is 2.35. The third-order valence-electron chi connectivity index (χ3n) is 5.26. The molecule has 138 valence electrons. The largest absolute Gasteiger partial charge is 0.337 e. The summed E-state index contributed by atoms with van der Waals surface area (Å²) in [6.45, 7) is 0. The number of nitrogens with zero attached hydrogens (tertiary/aromatic N) is 2. The average molecular weight is 391 g/mol. The summed E-state index contributed by atoms with van der Waals surface area (Å²) in [5.74, 6) is 0.0805. The lowest BCUT2D eigenvalue weighted by Gasteiger charge is -2.42. The third-order valence-corrected chi connectivity index (χ3v) is 6.00. The van der Waals surface area contributed by atoms with E-state index in [1.807, 2.05) is 18.0 Å². The Bertz CT molecular complexity index is 806. The number of amides is 1. The minimum atomic E-state index is 0.0465. The Morgan fingerprint density at radius 2 is 1.81 bits per heavy atom. The van der Waals surface area contributed by atoms with Gasteiger partial charge in [-0.05, 0) is 55.8 Å². The summed E-state index contributed by atoms with van der Waals surface area (Å²) in [5, 5.41) is 0.985. The van der Waals surface area contributed by atoms with Crippen molar-refractivity contribution < 1.29 is 4.79 Å². The van der Waals surface area contributed by atoms with Crippen molar-refractivity contribution in [3.8, 4) is 0 Å². The third kappa shape index (κ3) is 3.90. The van der Waals surface area contributed by atoms with E-state index in [1.54, 1.807) is 12.1 Å². The molecule has 0 radical (unpaired) electrons. The molecule has 1 aliphatic carbocycles. The van der Waals surface area contributed by atoms with Crippen molar-refractivity contribution in [2.24, 2.45) is 0 Å². The quantitative estimate of drug-likeness (QED) is 0.760. The molecule has 0 bridgehead atoms. The molecule has 0 aromatic heterocycles. The predicted molar refractivity (Wildman–Crippen MR) is 108 cm³/mol. The summed E-state index contributed by atoms with van der Waals surface area (Å²) in [6, 6.07) is 14.2. The molecule has 3 rings (SSSR count). The number of carbonyl (C=O) groups is 1. The zero-order valence-electron chi connectivity index (χ0n) is 15.4. The SMILES string of the molecule is CN(C)[C@H]1CCc2ccccc2[C@@H]1N(C)C(=O)Cc1ccc(Cl)c(Cl)c1. The summed E-state index contributed by atoms with van der Waals surface area (Å²) in [6.07, 6.45) is 2.40. The van der Waals surface area contributed by atoms with E-state index in [1.165, 1.54) is 11.1 Å². The Morgan fingerprint density at radius 3 is 2.50 bits per heavy atom. The van der Waals surface area contributed by atoms with Crippen LogP contribution in [0, 0.1) is 0 Å². The molecule has 0 saturated carbocycles. The Hall–Kier alpha value is -1.55. The van der Waals surface area contributed by atoms with E-state index in [2.05, 4.69) is 43.3 Å². The van der Waals surface area contributed by atoms with Crippen molar-refractivity contribution in [3.63, 3.8) is 0 Å². The van der Waals surface area contributed by atoms with Crippen molar-refractivity contribution in [1.29, 1.82) is 0 Å². The molecule has 0 aliphatic heterocycles. The Balaban J connectivity index is 1.86. The fourth-order valence-electron chi connectivity index (χ4n) is 3.83. The number of likely N-dealkylation sites (N-methyl/N-ethyl adjacent to an activating group) is 2. The molecule has 1 amide bonds. The number of halogens is 2. The zero-order chi connectivity index (χ0) is 18.8. The minimum Gasteiger partial charge on any atom is -0.337 e. The molecule has 0 heterocycles. The van der Waals surface area contributed by atoms with Crippen LogP contribution in [0.2, 0.25) is 10.0 Å². The molecular weight excluding hydrogens is 367 g/mol. The fourth-order valence-corrected chi connectivity index (χ4v) is 4.15. The van der Waals surface area contributed by atoms with Crippen molar-refractivity contribution >= 4 is 29.1 Å². The molecule has 0 fully saturated rings. The Kier molecular flexibility index (Phi) is 5.91. The second-order valence-corrected chi connectivity index (χ2v) is 7.96. The van der Waals surface area contributed by atoms with E-state index in [-0.39, 0.29) is 11.9 Å². The lowest BCUT2D eigenvalue weighted by molar-refractivity contribution is -0.132. The number of hydrogen-bond acceptors (Lipinski definition) is 2. The van der Waals surface area contributed by atoms with E-state index >= 15 is 0 Å². The van der Waals surface area contributed by atoms with Crippen molar-refractivity contribution in [2.75, 3.05) is 21.1 Å². The summed E-state index contributed by atoms with van der Waals surface area (Å²) < 4.78 is 0. The molecule has 1 aliphatic rings. The summed E-state index contributed by atoms with van der Waals surface area (Å²) >= 11 is 12.1. The van der Waals surface area contributed by atoms with Gasteiger partial charge in [-0.1, -0.05) is 53.5 Å². The van der Waals surface area contributed by atoms with Gasteiger partial charge in [0.25, 0.3) is 0 Å². The van der Waals surface area contributed by atoms with Gasteiger partial charge < -0.3 is 9.80 Å². The maximum absolute atomic E-state index is 13.0. The van der Waals surface area contributed by atoms with Crippen LogP contribution in [0.3, 0.4) is 0 Å². The van der Waals surface area contributed by atoms with Gasteiger partial charge in [-0.3, -0.25) is 4.79 Å². The normalized spacial score (nSPS) is 19.3. The summed E-state index contributed by atoms with van der Waals surface area (Å²) in [5.41, 5.74) is 3.47. The van der Waals surface area contributed by atoms with Crippen LogP contribution in [0.25, 0.3) is 0 Å². The average Bonchev–Trinajstić information content (AvgIpc) is 2.63. The smallest absolute Gasteiger partial charge is 0.227 e. The monoisotopic (exact) mass is 390 g/mol. The van der Waals surface area contributed by atoms with Crippen LogP contribution < -0.4 is 0 Å². The van der Waals surface area contributed by atoms with Crippen molar-refractivity contribution in [3.05, 3.63) is 69.2 Å². The Labute approximate surface area is 165 Å². The first-order chi connectivity index (χ1) is 12.4. The molecule has 5 heteroatoms. The first kappa shape index (κ1) is 19.2. The number of carbonyl (C=O) groups excluding carboxylic acids is 1. The van der Waals surface area contributed by atoms with Crippen LogP contribution >= 0.6 is 23.2 Å². The van der Waals surface area contributed by atoms with Crippen LogP contribution in [-0.4, -0.2) is 42.9 Å².